The maximum Gasteiger partial charge on any atom is 0.119 e. The lowest BCUT2D eigenvalue weighted by Gasteiger charge is -2.18. The first kappa shape index (κ1) is 18.1. The fourth-order valence-electron chi connectivity index (χ4n) is 2.71. The van der Waals surface area contributed by atoms with Crippen LogP contribution in [-0.4, -0.2) is 6.61 Å². The molecule has 0 aliphatic carbocycles. The SMILES string of the molecule is CCCCCCC(CCCCCC)COc1cc[c]cc1. The van der Waals surface area contributed by atoms with Crippen LogP contribution in [0.2, 0.25) is 0 Å². The molecule has 0 spiro atoms. The van der Waals surface area contributed by atoms with Crippen LogP contribution >= 0.6 is 0 Å². The highest BCUT2D eigenvalue weighted by Crippen LogP contribution is 2.20. The summed E-state index contributed by atoms with van der Waals surface area (Å²) in [6, 6.07) is 10.9. The summed E-state index contributed by atoms with van der Waals surface area (Å²) in [7, 11) is 0. The van der Waals surface area contributed by atoms with Crippen molar-refractivity contribution in [1.82, 2.24) is 0 Å². The third-order valence-electron chi connectivity index (χ3n) is 4.11. The minimum Gasteiger partial charge on any atom is -0.493 e. The van der Waals surface area contributed by atoms with Crippen LogP contribution in [0, 0.1) is 12.0 Å². The summed E-state index contributed by atoms with van der Waals surface area (Å²) in [6.45, 7) is 5.43. The number of benzene rings is 1. The van der Waals surface area contributed by atoms with Gasteiger partial charge >= 0.3 is 0 Å². The first-order valence-corrected chi connectivity index (χ1v) is 8.95. The predicted molar refractivity (Wildman–Crippen MR) is 91.8 cm³/mol. The number of ether oxygens (including phenoxy) is 1. The smallest absolute Gasteiger partial charge is 0.119 e. The molecule has 119 valence electrons. The molecule has 1 heteroatoms. The Labute approximate surface area is 132 Å². The molecular formula is C20H33O. The van der Waals surface area contributed by atoms with Crippen molar-refractivity contribution in [2.24, 2.45) is 5.92 Å². The molecule has 1 rings (SSSR count). The average Bonchev–Trinajstić information content (AvgIpc) is 2.53. The Morgan fingerprint density at radius 2 is 1.43 bits per heavy atom. The molecule has 0 N–H and O–H groups in total. The van der Waals surface area contributed by atoms with Crippen molar-refractivity contribution in [2.75, 3.05) is 6.61 Å². The van der Waals surface area contributed by atoms with Crippen molar-refractivity contribution < 1.29 is 4.74 Å². The first-order valence-electron chi connectivity index (χ1n) is 8.95. The maximum atomic E-state index is 5.96. The summed E-state index contributed by atoms with van der Waals surface area (Å²) >= 11 is 0. The zero-order valence-electron chi connectivity index (χ0n) is 14.1. The monoisotopic (exact) mass is 289 g/mol. The highest BCUT2D eigenvalue weighted by Gasteiger charge is 2.09. The van der Waals surface area contributed by atoms with Gasteiger partial charge < -0.3 is 4.74 Å². The molecular weight excluding hydrogens is 256 g/mol. The van der Waals surface area contributed by atoms with E-state index >= 15 is 0 Å². The van der Waals surface area contributed by atoms with E-state index in [0.29, 0.717) is 0 Å². The second-order valence-corrected chi connectivity index (χ2v) is 6.11. The molecule has 1 aromatic carbocycles. The van der Waals surface area contributed by atoms with E-state index in [0.717, 1.165) is 18.3 Å². The minimum atomic E-state index is 0.725. The second-order valence-electron chi connectivity index (χ2n) is 6.11. The molecule has 0 aliphatic rings. The molecule has 0 bridgehead atoms. The number of hydrogen-bond acceptors (Lipinski definition) is 1. The Morgan fingerprint density at radius 3 is 1.95 bits per heavy atom. The molecule has 0 heterocycles. The molecule has 0 atom stereocenters. The van der Waals surface area contributed by atoms with Gasteiger partial charge in [0.15, 0.2) is 0 Å². The van der Waals surface area contributed by atoms with E-state index in [1.807, 2.05) is 24.3 Å². The van der Waals surface area contributed by atoms with Crippen molar-refractivity contribution >= 4 is 0 Å². The zero-order valence-corrected chi connectivity index (χ0v) is 14.1. The number of rotatable bonds is 13. The largest absolute Gasteiger partial charge is 0.493 e. The number of unbranched alkanes of at least 4 members (excludes halogenated alkanes) is 6. The van der Waals surface area contributed by atoms with E-state index in [2.05, 4.69) is 19.9 Å². The molecule has 0 aromatic heterocycles. The normalized spacial score (nSPS) is 11.0. The Hall–Kier alpha value is -0.980. The Bertz CT molecular complexity index is 308. The van der Waals surface area contributed by atoms with Crippen LogP contribution in [0.25, 0.3) is 0 Å². The van der Waals surface area contributed by atoms with Crippen molar-refractivity contribution in [3.8, 4) is 5.75 Å². The van der Waals surface area contributed by atoms with Crippen LogP contribution in [0.4, 0.5) is 0 Å². The van der Waals surface area contributed by atoms with Crippen LogP contribution in [0.15, 0.2) is 24.3 Å². The maximum absolute atomic E-state index is 5.96. The van der Waals surface area contributed by atoms with Crippen LogP contribution < -0.4 is 4.74 Å². The topological polar surface area (TPSA) is 9.23 Å². The summed E-state index contributed by atoms with van der Waals surface area (Å²) in [5.41, 5.74) is 0. The fourth-order valence-corrected chi connectivity index (χ4v) is 2.71. The van der Waals surface area contributed by atoms with E-state index in [4.69, 9.17) is 4.74 Å². The Kier molecular flexibility index (Phi) is 11.0. The molecule has 0 saturated heterocycles. The lowest BCUT2D eigenvalue weighted by molar-refractivity contribution is 0.224. The van der Waals surface area contributed by atoms with Gasteiger partial charge in [0.25, 0.3) is 0 Å². The van der Waals surface area contributed by atoms with E-state index < -0.39 is 0 Å². The lowest BCUT2D eigenvalue weighted by atomic mass is 9.95. The van der Waals surface area contributed by atoms with Crippen molar-refractivity contribution in [2.45, 2.75) is 78.1 Å². The zero-order chi connectivity index (χ0) is 15.2. The van der Waals surface area contributed by atoms with Crippen LogP contribution in [0.5, 0.6) is 5.75 Å². The molecule has 0 saturated carbocycles. The van der Waals surface area contributed by atoms with Crippen molar-refractivity contribution in [1.29, 1.82) is 0 Å². The van der Waals surface area contributed by atoms with Gasteiger partial charge in [-0.3, -0.25) is 0 Å². The third-order valence-corrected chi connectivity index (χ3v) is 4.11. The van der Waals surface area contributed by atoms with Gasteiger partial charge in [0.05, 0.1) is 6.61 Å². The molecule has 0 amide bonds. The summed E-state index contributed by atoms with van der Waals surface area (Å²) < 4.78 is 5.96. The van der Waals surface area contributed by atoms with E-state index in [-0.39, 0.29) is 0 Å². The van der Waals surface area contributed by atoms with Gasteiger partial charge in [-0.15, -0.1) is 0 Å². The van der Waals surface area contributed by atoms with Gasteiger partial charge in [-0.05, 0) is 37.0 Å². The molecule has 1 nitrogen and oxygen atoms in total. The lowest BCUT2D eigenvalue weighted by Crippen LogP contribution is -2.12. The summed E-state index contributed by atoms with van der Waals surface area (Å²) in [6.07, 6.45) is 13.5. The van der Waals surface area contributed by atoms with Gasteiger partial charge in [-0.2, -0.15) is 0 Å². The third kappa shape index (κ3) is 9.55. The standard InChI is InChI=1S/C20H33O/c1-3-5-7-10-14-19(15-11-8-6-4-2)18-21-20-16-12-9-13-17-20/h12-13,16-17,19H,3-8,10-11,14-15,18H2,1-2H3. The van der Waals surface area contributed by atoms with E-state index in [1.54, 1.807) is 0 Å². The molecule has 1 radical (unpaired) electrons. The summed E-state index contributed by atoms with van der Waals surface area (Å²) in [4.78, 5) is 0. The van der Waals surface area contributed by atoms with E-state index in [1.165, 1.54) is 64.2 Å². The molecule has 1 aromatic rings. The Balaban J connectivity index is 2.28. The second kappa shape index (κ2) is 12.7. The van der Waals surface area contributed by atoms with Crippen molar-refractivity contribution in [3.05, 3.63) is 30.3 Å². The van der Waals surface area contributed by atoms with Gasteiger partial charge in [-0.1, -0.05) is 77.3 Å². The predicted octanol–water partition coefficient (Wildman–Crippen LogP) is 6.42. The van der Waals surface area contributed by atoms with Gasteiger partial charge in [-0.25, -0.2) is 0 Å². The van der Waals surface area contributed by atoms with Gasteiger partial charge in [0, 0.05) is 0 Å². The average molecular weight is 289 g/mol. The van der Waals surface area contributed by atoms with E-state index in [9.17, 15) is 0 Å². The fraction of sp³-hybridized carbons (Fsp3) is 0.700. The van der Waals surface area contributed by atoms with Gasteiger partial charge in [0.2, 0.25) is 0 Å². The highest BCUT2D eigenvalue weighted by atomic mass is 16.5. The summed E-state index contributed by atoms with van der Waals surface area (Å²) in [5.74, 6) is 1.71. The first-order chi connectivity index (χ1) is 10.4. The summed E-state index contributed by atoms with van der Waals surface area (Å²) in [5, 5.41) is 0. The minimum absolute atomic E-state index is 0.725. The molecule has 21 heavy (non-hydrogen) atoms. The van der Waals surface area contributed by atoms with Crippen LogP contribution in [-0.2, 0) is 0 Å². The van der Waals surface area contributed by atoms with Crippen molar-refractivity contribution in [3.63, 3.8) is 0 Å². The van der Waals surface area contributed by atoms with Crippen LogP contribution in [0.3, 0.4) is 0 Å². The Morgan fingerprint density at radius 1 is 0.857 bits per heavy atom. The quantitative estimate of drug-likeness (QED) is 0.380. The molecule has 0 unspecified atom stereocenters. The number of hydrogen-bond donors (Lipinski definition) is 0. The van der Waals surface area contributed by atoms with Gasteiger partial charge in [0.1, 0.15) is 5.75 Å². The highest BCUT2D eigenvalue weighted by molar-refractivity contribution is 5.20. The van der Waals surface area contributed by atoms with Crippen LogP contribution in [0.1, 0.15) is 78.1 Å². The molecule has 0 aliphatic heterocycles. The molecule has 0 fully saturated rings.